The molecule has 72 valence electrons. The minimum absolute atomic E-state index is 0.399. The molecular weight excluding hydrogens is 168 g/mol. The van der Waals surface area contributed by atoms with Crippen molar-refractivity contribution in [3.05, 3.63) is 17.1 Å². The molecule has 0 fully saturated rings. The van der Waals surface area contributed by atoms with Crippen LogP contribution in [-0.4, -0.2) is 17.1 Å². The van der Waals surface area contributed by atoms with Crippen LogP contribution in [0.1, 0.15) is 17.1 Å². The normalized spacial score (nSPS) is 10.2. The number of anilines is 1. The molecule has 0 radical (unpaired) electrons. The summed E-state index contributed by atoms with van der Waals surface area (Å²) >= 11 is 0. The van der Waals surface area contributed by atoms with Crippen molar-refractivity contribution < 1.29 is 4.74 Å². The van der Waals surface area contributed by atoms with Crippen LogP contribution in [0.15, 0.2) is 0 Å². The smallest absolute Gasteiger partial charge is 0.156 e. The lowest BCUT2D eigenvalue weighted by Crippen LogP contribution is -2.13. The monoisotopic (exact) mass is 182 g/mol. The fraction of sp³-hybridized carbons (Fsp3) is 0.500. The Hall–Kier alpha value is -1.20. The molecule has 0 spiro atoms. The molecule has 5 nitrogen and oxygen atoms in total. The molecule has 3 N–H and O–H groups in total. The average Bonchev–Trinajstić information content (AvgIpc) is 2.11. The lowest BCUT2D eigenvalue weighted by molar-refractivity contribution is 0.177. The summed E-state index contributed by atoms with van der Waals surface area (Å²) in [6.07, 6.45) is 0. The summed E-state index contributed by atoms with van der Waals surface area (Å²) in [6, 6.07) is 0. The Kier molecular flexibility index (Phi) is 3.16. The molecule has 0 bridgehead atoms. The van der Waals surface area contributed by atoms with Gasteiger partial charge < -0.3 is 10.2 Å². The van der Waals surface area contributed by atoms with Crippen LogP contribution in [0, 0.1) is 13.8 Å². The number of nitrogens with one attached hydrogen (secondary N) is 1. The highest BCUT2D eigenvalue weighted by atomic mass is 16.5. The molecule has 5 heteroatoms. The first kappa shape index (κ1) is 9.88. The highest BCUT2D eigenvalue weighted by molar-refractivity contribution is 5.44. The number of hydrogen-bond donors (Lipinski definition) is 2. The average molecular weight is 182 g/mol. The molecular formula is C8H14N4O. The van der Waals surface area contributed by atoms with Crippen molar-refractivity contribution >= 4 is 5.82 Å². The third-order valence-electron chi connectivity index (χ3n) is 1.85. The van der Waals surface area contributed by atoms with Crippen LogP contribution in [0.4, 0.5) is 5.82 Å². The molecule has 0 saturated heterocycles. The van der Waals surface area contributed by atoms with Crippen LogP contribution in [0.3, 0.4) is 0 Å². The van der Waals surface area contributed by atoms with Crippen molar-refractivity contribution in [1.82, 2.24) is 9.97 Å². The first-order chi connectivity index (χ1) is 6.19. The zero-order chi connectivity index (χ0) is 9.84. The van der Waals surface area contributed by atoms with E-state index in [9.17, 15) is 0 Å². The van der Waals surface area contributed by atoms with Crippen LogP contribution in [0.5, 0.6) is 0 Å². The van der Waals surface area contributed by atoms with E-state index in [-0.39, 0.29) is 0 Å². The predicted molar refractivity (Wildman–Crippen MR) is 50.0 cm³/mol. The summed E-state index contributed by atoms with van der Waals surface area (Å²) in [5.41, 5.74) is 4.40. The topological polar surface area (TPSA) is 73.1 Å². The van der Waals surface area contributed by atoms with Crippen molar-refractivity contribution in [3.63, 3.8) is 0 Å². The molecule has 1 aromatic rings. The van der Waals surface area contributed by atoms with Crippen LogP contribution in [0.25, 0.3) is 0 Å². The third kappa shape index (κ3) is 2.13. The summed E-state index contributed by atoms with van der Waals surface area (Å²) < 4.78 is 4.93. The predicted octanol–water partition coefficient (Wildman–Crippen LogP) is 0.525. The number of hydrogen-bond acceptors (Lipinski definition) is 5. The number of nitrogen functional groups attached to an aromatic ring is 1. The first-order valence-electron chi connectivity index (χ1n) is 3.98. The summed E-state index contributed by atoms with van der Waals surface area (Å²) in [4.78, 5) is 8.41. The van der Waals surface area contributed by atoms with E-state index in [1.807, 2.05) is 13.8 Å². The second-order valence-corrected chi connectivity index (χ2v) is 2.78. The zero-order valence-corrected chi connectivity index (χ0v) is 8.09. The van der Waals surface area contributed by atoms with Crippen LogP contribution in [-0.2, 0) is 11.3 Å². The van der Waals surface area contributed by atoms with Gasteiger partial charge in [0.05, 0.1) is 0 Å². The lowest BCUT2D eigenvalue weighted by atomic mass is 10.2. The van der Waals surface area contributed by atoms with Gasteiger partial charge in [-0.1, -0.05) is 0 Å². The maximum Gasteiger partial charge on any atom is 0.156 e. The van der Waals surface area contributed by atoms with E-state index in [1.54, 1.807) is 7.11 Å². The molecule has 0 unspecified atom stereocenters. The lowest BCUT2D eigenvalue weighted by Gasteiger charge is -2.08. The number of hydrazine groups is 1. The third-order valence-corrected chi connectivity index (χ3v) is 1.85. The fourth-order valence-electron chi connectivity index (χ4n) is 1.02. The molecule has 0 aliphatic heterocycles. The van der Waals surface area contributed by atoms with E-state index < -0.39 is 0 Å². The van der Waals surface area contributed by atoms with Gasteiger partial charge in [-0.2, -0.15) is 0 Å². The highest BCUT2D eigenvalue weighted by Gasteiger charge is 2.05. The summed E-state index contributed by atoms with van der Waals surface area (Å²) in [7, 11) is 1.61. The van der Waals surface area contributed by atoms with Crippen molar-refractivity contribution in [1.29, 1.82) is 0 Å². The standard InChI is InChI=1S/C8H14N4O/c1-5-6(2)10-7(4-13-3)11-8(5)12-9/h4,9H2,1-3H3,(H,10,11,12). The summed E-state index contributed by atoms with van der Waals surface area (Å²) in [6.45, 7) is 4.23. The molecule has 0 amide bonds. The van der Waals surface area contributed by atoms with Crippen LogP contribution >= 0.6 is 0 Å². The largest absolute Gasteiger partial charge is 0.377 e. The molecule has 1 rings (SSSR count). The molecule has 0 aliphatic rings. The van der Waals surface area contributed by atoms with Gasteiger partial charge >= 0.3 is 0 Å². The van der Waals surface area contributed by atoms with E-state index in [0.717, 1.165) is 11.3 Å². The van der Waals surface area contributed by atoms with Gasteiger partial charge in [0.2, 0.25) is 0 Å². The SMILES string of the molecule is COCc1nc(C)c(C)c(NN)n1. The Bertz CT molecular complexity index is 300. The van der Waals surface area contributed by atoms with Gasteiger partial charge in [-0.05, 0) is 13.8 Å². The van der Waals surface area contributed by atoms with Gasteiger partial charge in [0, 0.05) is 18.4 Å². The van der Waals surface area contributed by atoms with E-state index >= 15 is 0 Å². The molecule has 0 aromatic carbocycles. The van der Waals surface area contributed by atoms with E-state index in [1.165, 1.54) is 0 Å². The van der Waals surface area contributed by atoms with Crippen LogP contribution < -0.4 is 11.3 Å². The van der Waals surface area contributed by atoms with Gasteiger partial charge in [0.15, 0.2) is 5.82 Å². The number of nitrogens with two attached hydrogens (primary N) is 1. The summed E-state index contributed by atoms with van der Waals surface area (Å²) in [5.74, 6) is 6.59. The Morgan fingerprint density at radius 1 is 1.38 bits per heavy atom. The zero-order valence-electron chi connectivity index (χ0n) is 8.09. The molecule has 0 saturated carbocycles. The van der Waals surface area contributed by atoms with Crippen molar-refractivity contribution in [2.24, 2.45) is 5.84 Å². The summed E-state index contributed by atoms with van der Waals surface area (Å²) in [5, 5.41) is 0. The molecule has 1 aromatic heterocycles. The quantitative estimate of drug-likeness (QED) is 0.527. The van der Waals surface area contributed by atoms with Gasteiger partial charge in [0.1, 0.15) is 12.4 Å². The van der Waals surface area contributed by atoms with Crippen molar-refractivity contribution in [2.45, 2.75) is 20.5 Å². The van der Waals surface area contributed by atoms with Crippen molar-refractivity contribution in [3.8, 4) is 0 Å². The number of nitrogens with zero attached hydrogens (tertiary/aromatic N) is 2. The number of methoxy groups -OCH3 is 1. The molecule has 0 aliphatic carbocycles. The Labute approximate surface area is 77.3 Å². The van der Waals surface area contributed by atoms with Gasteiger partial charge in [-0.3, -0.25) is 0 Å². The maximum atomic E-state index is 5.30. The first-order valence-corrected chi connectivity index (χ1v) is 3.98. The minimum Gasteiger partial charge on any atom is -0.377 e. The second kappa shape index (κ2) is 4.15. The van der Waals surface area contributed by atoms with Gasteiger partial charge in [-0.25, -0.2) is 15.8 Å². The van der Waals surface area contributed by atoms with Gasteiger partial charge in [-0.15, -0.1) is 0 Å². The number of aryl methyl sites for hydroxylation is 1. The van der Waals surface area contributed by atoms with E-state index in [2.05, 4.69) is 15.4 Å². The Morgan fingerprint density at radius 2 is 2.08 bits per heavy atom. The maximum absolute atomic E-state index is 5.30. The number of ether oxygens (including phenoxy) is 1. The Balaban J connectivity index is 3.06. The van der Waals surface area contributed by atoms with Crippen molar-refractivity contribution in [2.75, 3.05) is 12.5 Å². The Morgan fingerprint density at radius 3 is 2.62 bits per heavy atom. The number of aromatic nitrogens is 2. The number of rotatable bonds is 3. The van der Waals surface area contributed by atoms with E-state index in [4.69, 9.17) is 10.6 Å². The molecule has 1 heterocycles. The fourth-order valence-corrected chi connectivity index (χ4v) is 1.02. The van der Waals surface area contributed by atoms with E-state index in [0.29, 0.717) is 18.2 Å². The minimum atomic E-state index is 0.399. The molecule has 13 heavy (non-hydrogen) atoms. The molecule has 0 atom stereocenters. The van der Waals surface area contributed by atoms with Crippen LogP contribution in [0.2, 0.25) is 0 Å². The second-order valence-electron chi connectivity index (χ2n) is 2.78. The van der Waals surface area contributed by atoms with Gasteiger partial charge in [0.25, 0.3) is 0 Å². The highest BCUT2D eigenvalue weighted by Crippen LogP contribution is 2.13.